The molecule has 68 valence electrons. The first-order valence-electron chi connectivity index (χ1n) is 4.60. The predicted octanol–water partition coefficient (Wildman–Crippen LogP) is 2.78. The van der Waals surface area contributed by atoms with Crippen LogP contribution in [-0.4, -0.2) is 19.0 Å². The molecule has 0 rings (SSSR count). The van der Waals surface area contributed by atoms with Crippen LogP contribution in [-0.2, 0) is 0 Å². The van der Waals surface area contributed by atoms with Crippen LogP contribution in [0.15, 0.2) is 0 Å². The highest BCUT2D eigenvalue weighted by Crippen LogP contribution is 2.11. The highest BCUT2D eigenvalue weighted by Gasteiger charge is 2.01. The Balaban J connectivity index is 3.02. The maximum Gasteiger partial charge on any atom is 0.0348 e. The summed E-state index contributed by atoms with van der Waals surface area (Å²) in [5.41, 5.74) is 0. The van der Waals surface area contributed by atoms with Crippen molar-refractivity contribution in [3.05, 3.63) is 0 Å². The Morgan fingerprint density at radius 2 is 2.00 bits per heavy atom. The summed E-state index contributed by atoms with van der Waals surface area (Å²) in [6, 6.07) is 0. The molecule has 0 saturated carbocycles. The van der Waals surface area contributed by atoms with Crippen LogP contribution in [0.25, 0.3) is 0 Å². The molecule has 0 aliphatic heterocycles. The van der Waals surface area contributed by atoms with Crippen molar-refractivity contribution in [3.63, 3.8) is 0 Å². The molecule has 0 saturated heterocycles. The fraction of sp³-hybridized carbons (Fsp3) is 1.00. The number of hydrogen-bond acceptors (Lipinski definition) is 1. The number of hydrogen-bond donors (Lipinski definition) is 1. The molecule has 11 heavy (non-hydrogen) atoms. The Morgan fingerprint density at radius 3 is 2.55 bits per heavy atom. The topological polar surface area (TPSA) is 12.0 Å². The zero-order chi connectivity index (χ0) is 8.53. The van der Waals surface area contributed by atoms with Gasteiger partial charge in [-0.1, -0.05) is 26.2 Å². The Kier molecular flexibility index (Phi) is 8.54. The second-order valence-electron chi connectivity index (χ2n) is 2.99. The molecular formula is C9H20ClN. The first kappa shape index (κ1) is 11.2. The molecule has 0 aromatic rings. The van der Waals surface area contributed by atoms with Gasteiger partial charge in [0.1, 0.15) is 0 Å². The SMILES string of the molecule is CCCCCC(Cl)CCNC. The van der Waals surface area contributed by atoms with E-state index in [0.717, 1.165) is 13.0 Å². The van der Waals surface area contributed by atoms with E-state index in [1.165, 1.54) is 25.7 Å². The van der Waals surface area contributed by atoms with Gasteiger partial charge in [-0.2, -0.15) is 0 Å². The maximum atomic E-state index is 6.06. The zero-order valence-electron chi connectivity index (χ0n) is 7.70. The summed E-state index contributed by atoms with van der Waals surface area (Å²) in [7, 11) is 1.97. The fourth-order valence-corrected chi connectivity index (χ4v) is 1.32. The van der Waals surface area contributed by atoms with Crippen LogP contribution in [0.1, 0.15) is 39.0 Å². The number of unbranched alkanes of at least 4 members (excludes halogenated alkanes) is 2. The van der Waals surface area contributed by atoms with Crippen LogP contribution >= 0.6 is 11.6 Å². The van der Waals surface area contributed by atoms with Gasteiger partial charge in [0.15, 0.2) is 0 Å². The summed E-state index contributed by atoms with van der Waals surface area (Å²) < 4.78 is 0. The zero-order valence-corrected chi connectivity index (χ0v) is 8.45. The van der Waals surface area contributed by atoms with E-state index in [2.05, 4.69) is 12.2 Å². The summed E-state index contributed by atoms with van der Waals surface area (Å²) in [5.74, 6) is 0. The van der Waals surface area contributed by atoms with E-state index in [4.69, 9.17) is 11.6 Å². The predicted molar refractivity (Wildman–Crippen MR) is 52.3 cm³/mol. The molecule has 1 atom stereocenters. The van der Waals surface area contributed by atoms with E-state index in [1.54, 1.807) is 0 Å². The first-order chi connectivity index (χ1) is 5.31. The van der Waals surface area contributed by atoms with Crippen LogP contribution in [0.4, 0.5) is 0 Å². The lowest BCUT2D eigenvalue weighted by Crippen LogP contribution is -2.13. The van der Waals surface area contributed by atoms with Crippen molar-refractivity contribution in [1.82, 2.24) is 5.32 Å². The van der Waals surface area contributed by atoms with Gasteiger partial charge < -0.3 is 5.32 Å². The van der Waals surface area contributed by atoms with Gasteiger partial charge in [0.2, 0.25) is 0 Å². The lowest BCUT2D eigenvalue weighted by molar-refractivity contribution is 0.599. The summed E-state index contributed by atoms with van der Waals surface area (Å²) in [4.78, 5) is 0. The third-order valence-electron chi connectivity index (χ3n) is 1.83. The smallest absolute Gasteiger partial charge is 0.0348 e. The molecule has 0 amide bonds. The number of halogens is 1. The van der Waals surface area contributed by atoms with Crippen molar-refractivity contribution < 1.29 is 0 Å². The van der Waals surface area contributed by atoms with Crippen LogP contribution in [0, 0.1) is 0 Å². The highest BCUT2D eigenvalue weighted by atomic mass is 35.5. The molecule has 2 heteroatoms. The van der Waals surface area contributed by atoms with Crippen LogP contribution in [0.5, 0.6) is 0 Å². The van der Waals surface area contributed by atoms with E-state index >= 15 is 0 Å². The molecule has 0 aromatic heterocycles. The van der Waals surface area contributed by atoms with Crippen LogP contribution < -0.4 is 5.32 Å². The third kappa shape index (κ3) is 8.15. The van der Waals surface area contributed by atoms with E-state index in [9.17, 15) is 0 Å². The van der Waals surface area contributed by atoms with Gasteiger partial charge in [-0.05, 0) is 26.4 Å². The Morgan fingerprint density at radius 1 is 1.27 bits per heavy atom. The summed E-state index contributed by atoms with van der Waals surface area (Å²) >= 11 is 6.06. The minimum Gasteiger partial charge on any atom is -0.320 e. The van der Waals surface area contributed by atoms with E-state index in [1.807, 2.05) is 7.05 Å². The minimum absolute atomic E-state index is 0.383. The standard InChI is InChI=1S/C9H20ClN/c1-3-4-5-6-9(10)7-8-11-2/h9,11H,3-8H2,1-2H3. The molecule has 0 aromatic carbocycles. The summed E-state index contributed by atoms with van der Waals surface area (Å²) in [6.07, 6.45) is 6.17. The molecule has 1 N–H and O–H groups in total. The van der Waals surface area contributed by atoms with Gasteiger partial charge in [-0.15, -0.1) is 11.6 Å². The first-order valence-corrected chi connectivity index (χ1v) is 5.03. The van der Waals surface area contributed by atoms with Crippen molar-refractivity contribution in [2.24, 2.45) is 0 Å². The van der Waals surface area contributed by atoms with Gasteiger partial charge in [0, 0.05) is 5.38 Å². The second kappa shape index (κ2) is 8.35. The average molecular weight is 178 g/mol. The molecule has 1 unspecified atom stereocenters. The lowest BCUT2D eigenvalue weighted by atomic mass is 10.1. The second-order valence-corrected chi connectivity index (χ2v) is 3.60. The van der Waals surface area contributed by atoms with Gasteiger partial charge in [0.25, 0.3) is 0 Å². The molecule has 1 nitrogen and oxygen atoms in total. The van der Waals surface area contributed by atoms with Crippen molar-refractivity contribution in [1.29, 1.82) is 0 Å². The Labute approximate surface area is 75.5 Å². The Hall–Kier alpha value is 0.250. The molecule has 0 aliphatic carbocycles. The molecule has 0 heterocycles. The number of rotatable bonds is 7. The molecular weight excluding hydrogens is 158 g/mol. The average Bonchev–Trinajstić information content (AvgIpc) is 2.01. The molecule has 0 radical (unpaired) electrons. The lowest BCUT2D eigenvalue weighted by Gasteiger charge is -2.07. The van der Waals surface area contributed by atoms with Gasteiger partial charge >= 0.3 is 0 Å². The monoisotopic (exact) mass is 177 g/mol. The van der Waals surface area contributed by atoms with Gasteiger partial charge in [0.05, 0.1) is 0 Å². The molecule has 0 aliphatic rings. The maximum absolute atomic E-state index is 6.06. The van der Waals surface area contributed by atoms with Gasteiger partial charge in [-0.25, -0.2) is 0 Å². The van der Waals surface area contributed by atoms with Gasteiger partial charge in [-0.3, -0.25) is 0 Å². The van der Waals surface area contributed by atoms with Crippen LogP contribution in [0.3, 0.4) is 0 Å². The van der Waals surface area contributed by atoms with E-state index in [0.29, 0.717) is 5.38 Å². The highest BCUT2D eigenvalue weighted by molar-refractivity contribution is 6.20. The van der Waals surface area contributed by atoms with Crippen molar-refractivity contribution in [2.45, 2.75) is 44.4 Å². The van der Waals surface area contributed by atoms with Crippen molar-refractivity contribution >= 4 is 11.6 Å². The molecule has 0 spiro atoms. The third-order valence-corrected chi connectivity index (χ3v) is 2.26. The van der Waals surface area contributed by atoms with Crippen molar-refractivity contribution in [3.8, 4) is 0 Å². The fourth-order valence-electron chi connectivity index (χ4n) is 1.06. The quantitative estimate of drug-likeness (QED) is 0.466. The minimum atomic E-state index is 0.383. The van der Waals surface area contributed by atoms with Crippen molar-refractivity contribution in [2.75, 3.05) is 13.6 Å². The normalized spacial score (nSPS) is 13.4. The largest absolute Gasteiger partial charge is 0.320 e. The Bertz CT molecular complexity index is 76.0. The number of nitrogens with one attached hydrogen (secondary N) is 1. The van der Waals surface area contributed by atoms with E-state index < -0.39 is 0 Å². The van der Waals surface area contributed by atoms with E-state index in [-0.39, 0.29) is 0 Å². The summed E-state index contributed by atoms with van der Waals surface area (Å²) in [6.45, 7) is 3.26. The van der Waals surface area contributed by atoms with Crippen LogP contribution in [0.2, 0.25) is 0 Å². The number of alkyl halides is 1. The summed E-state index contributed by atoms with van der Waals surface area (Å²) in [5, 5.41) is 3.49. The molecule has 0 fully saturated rings. The molecule has 0 bridgehead atoms.